The number of halogens is 1. The SMILES string of the molecule is CC1CN(c2n[nH]c(N)n2)CCC1NCCc1ccc(Br)cc1. The Labute approximate surface area is 145 Å². The molecule has 1 aliphatic heterocycles. The molecule has 0 bridgehead atoms. The van der Waals surface area contributed by atoms with Gasteiger partial charge in [0.05, 0.1) is 0 Å². The lowest BCUT2D eigenvalue weighted by Gasteiger charge is -2.36. The predicted molar refractivity (Wildman–Crippen MR) is 96.4 cm³/mol. The van der Waals surface area contributed by atoms with E-state index < -0.39 is 0 Å². The fourth-order valence-electron chi connectivity index (χ4n) is 3.09. The first-order valence-corrected chi connectivity index (χ1v) is 8.82. The van der Waals surface area contributed by atoms with Gasteiger partial charge < -0.3 is 16.0 Å². The van der Waals surface area contributed by atoms with Crippen molar-refractivity contribution in [3.63, 3.8) is 0 Å². The number of piperidine rings is 1. The molecule has 2 aromatic rings. The quantitative estimate of drug-likeness (QED) is 0.742. The minimum absolute atomic E-state index is 0.377. The van der Waals surface area contributed by atoms with E-state index in [1.807, 2.05) is 0 Å². The van der Waals surface area contributed by atoms with E-state index in [4.69, 9.17) is 5.73 Å². The number of aromatic amines is 1. The van der Waals surface area contributed by atoms with Crippen molar-refractivity contribution in [1.82, 2.24) is 20.5 Å². The number of nitrogens with zero attached hydrogens (tertiary/aromatic N) is 3. The summed E-state index contributed by atoms with van der Waals surface area (Å²) in [5.41, 5.74) is 6.97. The minimum Gasteiger partial charge on any atom is -0.368 e. The molecule has 2 unspecified atom stereocenters. The molecule has 1 aliphatic rings. The molecule has 6 nitrogen and oxygen atoms in total. The third kappa shape index (κ3) is 4.23. The Hall–Kier alpha value is -1.60. The van der Waals surface area contributed by atoms with Gasteiger partial charge in [0.15, 0.2) is 0 Å². The first kappa shape index (κ1) is 16.3. The summed E-state index contributed by atoms with van der Waals surface area (Å²) in [4.78, 5) is 6.41. The normalized spacial score (nSPS) is 21.6. The van der Waals surface area contributed by atoms with E-state index in [9.17, 15) is 0 Å². The molecule has 1 saturated heterocycles. The zero-order valence-corrected chi connectivity index (χ0v) is 14.9. The summed E-state index contributed by atoms with van der Waals surface area (Å²) in [5.74, 6) is 1.64. The van der Waals surface area contributed by atoms with Crippen molar-refractivity contribution in [2.24, 2.45) is 5.92 Å². The van der Waals surface area contributed by atoms with E-state index in [0.717, 1.165) is 36.9 Å². The second-order valence-corrected chi connectivity index (χ2v) is 7.09. The summed E-state index contributed by atoms with van der Waals surface area (Å²) in [6, 6.07) is 9.08. The van der Waals surface area contributed by atoms with E-state index >= 15 is 0 Å². The second kappa shape index (κ2) is 7.31. The van der Waals surface area contributed by atoms with Crippen molar-refractivity contribution in [2.75, 3.05) is 30.3 Å². The largest absolute Gasteiger partial charge is 0.368 e. The van der Waals surface area contributed by atoms with E-state index in [2.05, 4.69) is 72.5 Å². The van der Waals surface area contributed by atoms with E-state index in [1.165, 1.54) is 5.56 Å². The highest BCUT2D eigenvalue weighted by Gasteiger charge is 2.27. The van der Waals surface area contributed by atoms with Crippen molar-refractivity contribution in [1.29, 1.82) is 0 Å². The highest BCUT2D eigenvalue weighted by Crippen LogP contribution is 2.21. The van der Waals surface area contributed by atoms with Crippen LogP contribution in [0.25, 0.3) is 0 Å². The van der Waals surface area contributed by atoms with Crippen LogP contribution in [0.1, 0.15) is 18.9 Å². The van der Waals surface area contributed by atoms with Crippen LogP contribution in [0.3, 0.4) is 0 Å². The van der Waals surface area contributed by atoms with Crippen LogP contribution >= 0.6 is 15.9 Å². The monoisotopic (exact) mass is 378 g/mol. The molecule has 0 saturated carbocycles. The second-order valence-electron chi connectivity index (χ2n) is 6.17. The maximum Gasteiger partial charge on any atom is 0.246 e. The highest BCUT2D eigenvalue weighted by atomic mass is 79.9. The number of H-pyrrole nitrogens is 1. The Kier molecular flexibility index (Phi) is 5.17. The number of nitrogens with two attached hydrogens (primary N) is 1. The topological polar surface area (TPSA) is 82.9 Å². The Bertz CT molecular complexity index is 626. The van der Waals surface area contributed by atoms with Gasteiger partial charge in [0.2, 0.25) is 11.9 Å². The fraction of sp³-hybridized carbons (Fsp3) is 0.500. The highest BCUT2D eigenvalue weighted by molar-refractivity contribution is 9.10. The number of aromatic nitrogens is 3. The number of benzene rings is 1. The maximum absolute atomic E-state index is 5.61. The molecule has 124 valence electrons. The lowest BCUT2D eigenvalue weighted by Crippen LogP contribution is -2.49. The average Bonchev–Trinajstić information content (AvgIpc) is 2.97. The number of rotatable bonds is 5. The van der Waals surface area contributed by atoms with E-state index in [1.54, 1.807) is 0 Å². The number of hydrogen-bond acceptors (Lipinski definition) is 5. The molecule has 0 aliphatic carbocycles. The van der Waals surface area contributed by atoms with Crippen LogP contribution in [0.15, 0.2) is 28.7 Å². The average molecular weight is 379 g/mol. The van der Waals surface area contributed by atoms with Gasteiger partial charge in [-0.3, -0.25) is 0 Å². The third-order valence-corrected chi connectivity index (χ3v) is 4.94. The van der Waals surface area contributed by atoms with Crippen LogP contribution in [0, 0.1) is 5.92 Å². The van der Waals surface area contributed by atoms with Gasteiger partial charge in [0.25, 0.3) is 0 Å². The van der Waals surface area contributed by atoms with Gasteiger partial charge in [-0.1, -0.05) is 35.0 Å². The number of nitrogen functional groups attached to an aromatic ring is 1. The van der Waals surface area contributed by atoms with Crippen molar-refractivity contribution >= 4 is 27.8 Å². The molecule has 23 heavy (non-hydrogen) atoms. The molecule has 0 amide bonds. The Morgan fingerprint density at radius 1 is 1.39 bits per heavy atom. The molecule has 2 heterocycles. The van der Waals surface area contributed by atoms with Crippen LogP contribution in [-0.4, -0.2) is 40.9 Å². The van der Waals surface area contributed by atoms with E-state index in [-0.39, 0.29) is 0 Å². The summed E-state index contributed by atoms with van der Waals surface area (Å²) >= 11 is 3.47. The van der Waals surface area contributed by atoms with Crippen LogP contribution in [0.4, 0.5) is 11.9 Å². The molecule has 3 rings (SSSR count). The zero-order valence-electron chi connectivity index (χ0n) is 13.3. The minimum atomic E-state index is 0.377. The van der Waals surface area contributed by atoms with Crippen LogP contribution in [-0.2, 0) is 6.42 Å². The number of nitrogens with one attached hydrogen (secondary N) is 2. The molecule has 2 atom stereocenters. The summed E-state index contributed by atoms with van der Waals surface area (Å²) in [6.07, 6.45) is 2.15. The Morgan fingerprint density at radius 3 is 2.83 bits per heavy atom. The van der Waals surface area contributed by atoms with Gasteiger partial charge in [-0.25, -0.2) is 5.10 Å². The van der Waals surface area contributed by atoms with Gasteiger partial charge in [0.1, 0.15) is 0 Å². The third-order valence-electron chi connectivity index (χ3n) is 4.41. The first-order valence-electron chi connectivity index (χ1n) is 8.02. The summed E-state index contributed by atoms with van der Waals surface area (Å²) in [7, 11) is 0. The molecule has 7 heteroatoms. The summed E-state index contributed by atoms with van der Waals surface area (Å²) < 4.78 is 1.13. The van der Waals surface area contributed by atoms with Gasteiger partial charge in [-0.15, -0.1) is 5.10 Å². The van der Waals surface area contributed by atoms with Crippen molar-refractivity contribution in [3.8, 4) is 0 Å². The van der Waals surface area contributed by atoms with Crippen molar-refractivity contribution in [2.45, 2.75) is 25.8 Å². The fourth-order valence-corrected chi connectivity index (χ4v) is 3.35. The molecular weight excluding hydrogens is 356 g/mol. The standard InChI is InChI=1S/C16H23BrN6/c1-11-10-23(16-20-15(18)21-22-16)9-7-14(11)19-8-6-12-2-4-13(17)5-3-12/h2-5,11,14,19H,6-10H2,1H3,(H3,18,20,21,22). The first-order chi connectivity index (χ1) is 11.1. The van der Waals surface area contributed by atoms with Crippen LogP contribution < -0.4 is 16.0 Å². The zero-order chi connectivity index (χ0) is 16.2. The molecular formula is C16H23BrN6. The summed E-state index contributed by atoms with van der Waals surface area (Å²) in [5, 5.41) is 10.6. The molecule has 4 N–H and O–H groups in total. The Balaban J connectivity index is 1.46. The Morgan fingerprint density at radius 2 is 2.17 bits per heavy atom. The van der Waals surface area contributed by atoms with Crippen molar-refractivity contribution in [3.05, 3.63) is 34.3 Å². The van der Waals surface area contributed by atoms with E-state index in [0.29, 0.717) is 23.9 Å². The smallest absolute Gasteiger partial charge is 0.246 e. The molecule has 1 fully saturated rings. The lowest BCUT2D eigenvalue weighted by molar-refractivity contribution is 0.321. The summed E-state index contributed by atoms with van der Waals surface area (Å²) in [6.45, 7) is 5.19. The van der Waals surface area contributed by atoms with Gasteiger partial charge in [0, 0.05) is 23.6 Å². The molecule has 0 spiro atoms. The number of anilines is 2. The molecule has 1 aromatic carbocycles. The van der Waals surface area contributed by atoms with Crippen LogP contribution in [0.2, 0.25) is 0 Å². The van der Waals surface area contributed by atoms with Gasteiger partial charge in [-0.05, 0) is 43.0 Å². The van der Waals surface area contributed by atoms with Gasteiger partial charge in [-0.2, -0.15) is 4.98 Å². The van der Waals surface area contributed by atoms with Gasteiger partial charge >= 0.3 is 0 Å². The van der Waals surface area contributed by atoms with Crippen molar-refractivity contribution < 1.29 is 0 Å². The van der Waals surface area contributed by atoms with Crippen LogP contribution in [0.5, 0.6) is 0 Å². The lowest BCUT2D eigenvalue weighted by atomic mass is 9.94. The molecule has 1 aromatic heterocycles. The number of hydrogen-bond donors (Lipinski definition) is 3. The molecule has 0 radical (unpaired) electrons. The predicted octanol–water partition coefficient (Wildman–Crippen LogP) is 2.20. The maximum atomic E-state index is 5.61.